The van der Waals surface area contributed by atoms with Crippen LogP contribution in [-0.2, 0) is 0 Å². The van der Waals surface area contributed by atoms with E-state index >= 15 is 0 Å². The molecule has 0 aromatic heterocycles. The molecule has 2 nitrogen and oxygen atoms in total. The summed E-state index contributed by atoms with van der Waals surface area (Å²) in [5.41, 5.74) is 0.162. The average molecular weight is 307 g/mol. The second kappa shape index (κ2) is 5.39. The van der Waals surface area contributed by atoms with Gasteiger partial charge >= 0.3 is 0 Å². The Balaban J connectivity index is 2.71. The van der Waals surface area contributed by atoms with Gasteiger partial charge in [0.15, 0.2) is 0 Å². The van der Waals surface area contributed by atoms with Gasteiger partial charge in [0.05, 0.1) is 11.3 Å². The predicted octanol–water partition coefficient (Wildman–Crippen LogP) is 3.92. The van der Waals surface area contributed by atoms with Gasteiger partial charge < -0.3 is 10.4 Å². The van der Waals surface area contributed by atoms with Crippen molar-refractivity contribution in [2.24, 2.45) is 5.92 Å². The molecule has 4 heteroatoms. The van der Waals surface area contributed by atoms with Gasteiger partial charge in [0.2, 0.25) is 0 Å². The molecule has 0 bridgehead atoms. The Bertz CT molecular complexity index is 366. The van der Waals surface area contributed by atoms with E-state index in [2.05, 4.69) is 21.2 Å². The van der Waals surface area contributed by atoms with Crippen LogP contribution in [0.15, 0.2) is 22.7 Å². The van der Waals surface area contributed by atoms with Gasteiger partial charge in [0, 0.05) is 16.0 Å². The highest BCUT2D eigenvalue weighted by atomic mass is 79.9. The first-order chi connectivity index (χ1) is 7.33. The average Bonchev–Trinajstić information content (AvgIpc) is 2.19. The smallest absolute Gasteiger partial charge is 0.0813 e. The van der Waals surface area contributed by atoms with Crippen molar-refractivity contribution < 1.29 is 5.11 Å². The largest absolute Gasteiger partial charge is 0.388 e. The summed E-state index contributed by atoms with van der Waals surface area (Å²) in [6.07, 6.45) is 0. The summed E-state index contributed by atoms with van der Waals surface area (Å²) in [6.45, 7) is 6.30. The van der Waals surface area contributed by atoms with E-state index in [9.17, 15) is 5.11 Å². The first-order valence-corrected chi connectivity index (χ1v) is 6.41. The van der Waals surface area contributed by atoms with Crippen LogP contribution >= 0.6 is 27.5 Å². The number of rotatable bonds is 4. The molecule has 1 rings (SSSR count). The fourth-order valence-electron chi connectivity index (χ4n) is 1.11. The zero-order valence-electron chi connectivity index (χ0n) is 9.72. The molecule has 1 unspecified atom stereocenters. The van der Waals surface area contributed by atoms with Crippen LogP contribution in [0.4, 0.5) is 5.69 Å². The van der Waals surface area contributed by atoms with E-state index in [-0.39, 0.29) is 5.92 Å². The van der Waals surface area contributed by atoms with Crippen molar-refractivity contribution in [3.8, 4) is 0 Å². The maximum Gasteiger partial charge on any atom is 0.0813 e. The van der Waals surface area contributed by atoms with Gasteiger partial charge in [0.1, 0.15) is 0 Å². The summed E-state index contributed by atoms with van der Waals surface area (Å²) < 4.78 is 0.941. The molecule has 0 saturated carbocycles. The Kier molecular flexibility index (Phi) is 4.65. The fourth-order valence-corrected chi connectivity index (χ4v) is 1.67. The van der Waals surface area contributed by atoms with E-state index in [4.69, 9.17) is 11.6 Å². The summed E-state index contributed by atoms with van der Waals surface area (Å²) in [6, 6.07) is 5.54. The summed E-state index contributed by atoms with van der Waals surface area (Å²) in [5.74, 6) is 0.193. The molecule has 0 aliphatic carbocycles. The monoisotopic (exact) mass is 305 g/mol. The molecule has 0 fully saturated rings. The third-order valence-electron chi connectivity index (χ3n) is 2.81. The molecule has 0 spiro atoms. The quantitative estimate of drug-likeness (QED) is 0.883. The van der Waals surface area contributed by atoms with E-state index in [1.165, 1.54) is 0 Å². The Labute approximate surface area is 110 Å². The zero-order chi connectivity index (χ0) is 12.3. The number of hydrogen-bond acceptors (Lipinski definition) is 2. The van der Waals surface area contributed by atoms with Crippen molar-refractivity contribution in [1.29, 1.82) is 0 Å². The third-order valence-corrected chi connectivity index (χ3v) is 3.74. The van der Waals surface area contributed by atoms with Gasteiger partial charge in [-0.25, -0.2) is 0 Å². The maximum absolute atomic E-state index is 10.1. The Morgan fingerprint density at radius 2 is 2.12 bits per heavy atom. The van der Waals surface area contributed by atoms with E-state index in [0.29, 0.717) is 11.6 Å². The van der Waals surface area contributed by atoms with Crippen LogP contribution < -0.4 is 5.32 Å². The van der Waals surface area contributed by atoms with Crippen LogP contribution in [0.5, 0.6) is 0 Å². The van der Waals surface area contributed by atoms with Crippen molar-refractivity contribution >= 4 is 33.2 Å². The number of benzene rings is 1. The standard InChI is InChI=1S/C12H17BrClNO/c1-8(2)12(3,16)7-15-11-6-9(14)4-5-10(11)13/h4-6,8,15-16H,7H2,1-3H3. The molecule has 2 N–H and O–H groups in total. The molecule has 0 aliphatic heterocycles. The Morgan fingerprint density at radius 3 is 2.69 bits per heavy atom. The number of hydrogen-bond donors (Lipinski definition) is 2. The highest BCUT2D eigenvalue weighted by molar-refractivity contribution is 9.10. The second-order valence-corrected chi connectivity index (χ2v) is 5.78. The van der Waals surface area contributed by atoms with Gasteiger partial charge in [-0.2, -0.15) is 0 Å². The lowest BCUT2D eigenvalue weighted by molar-refractivity contribution is 0.0266. The lowest BCUT2D eigenvalue weighted by atomic mass is 9.92. The molecule has 0 radical (unpaired) electrons. The summed E-state index contributed by atoms with van der Waals surface area (Å²) >= 11 is 9.34. The SMILES string of the molecule is CC(C)C(C)(O)CNc1cc(Cl)ccc1Br. The molecular weight excluding hydrogens is 289 g/mol. The zero-order valence-corrected chi connectivity index (χ0v) is 12.1. The Hall–Kier alpha value is -0.250. The summed E-state index contributed by atoms with van der Waals surface area (Å²) in [4.78, 5) is 0. The van der Waals surface area contributed by atoms with Crippen LogP contribution in [0.2, 0.25) is 5.02 Å². The van der Waals surface area contributed by atoms with Crippen LogP contribution in [0, 0.1) is 5.92 Å². The maximum atomic E-state index is 10.1. The van der Waals surface area contributed by atoms with E-state index in [1.807, 2.05) is 39.0 Å². The van der Waals surface area contributed by atoms with E-state index < -0.39 is 5.60 Å². The van der Waals surface area contributed by atoms with Gasteiger partial charge in [-0.1, -0.05) is 25.4 Å². The number of aliphatic hydroxyl groups is 1. The summed E-state index contributed by atoms with van der Waals surface area (Å²) in [7, 11) is 0. The first kappa shape index (κ1) is 13.8. The lowest BCUT2D eigenvalue weighted by Crippen LogP contribution is -2.38. The highest BCUT2D eigenvalue weighted by Gasteiger charge is 2.24. The Morgan fingerprint density at radius 1 is 1.50 bits per heavy atom. The van der Waals surface area contributed by atoms with E-state index in [1.54, 1.807) is 0 Å². The number of nitrogens with one attached hydrogen (secondary N) is 1. The highest BCUT2D eigenvalue weighted by Crippen LogP contribution is 2.27. The molecule has 1 atom stereocenters. The van der Waals surface area contributed by atoms with Crippen LogP contribution in [-0.4, -0.2) is 17.3 Å². The van der Waals surface area contributed by atoms with Gasteiger partial charge in [-0.05, 0) is 47.0 Å². The molecular formula is C12H17BrClNO. The molecule has 16 heavy (non-hydrogen) atoms. The minimum Gasteiger partial charge on any atom is -0.388 e. The minimum atomic E-state index is -0.734. The minimum absolute atomic E-state index is 0.193. The molecule has 90 valence electrons. The van der Waals surface area contributed by atoms with Crippen LogP contribution in [0.3, 0.4) is 0 Å². The lowest BCUT2D eigenvalue weighted by Gasteiger charge is -2.28. The molecule has 0 heterocycles. The normalized spacial score (nSPS) is 14.9. The third kappa shape index (κ3) is 3.65. The fraction of sp³-hybridized carbons (Fsp3) is 0.500. The molecule has 1 aromatic rings. The van der Waals surface area contributed by atoms with Crippen molar-refractivity contribution in [3.63, 3.8) is 0 Å². The molecule has 0 saturated heterocycles. The van der Waals surface area contributed by atoms with Gasteiger partial charge in [0.25, 0.3) is 0 Å². The van der Waals surface area contributed by atoms with Gasteiger partial charge in [-0.15, -0.1) is 0 Å². The predicted molar refractivity (Wildman–Crippen MR) is 73.1 cm³/mol. The van der Waals surface area contributed by atoms with Crippen molar-refractivity contribution in [2.75, 3.05) is 11.9 Å². The number of halogens is 2. The van der Waals surface area contributed by atoms with Gasteiger partial charge in [-0.3, -0.25) is 0 Å². The van der Waals surface area contributed by atoms with Crippen molar-refractivity contribution in [3.05, 3.63) is 27.7 Å². The number of anilines is 1. The molecule has 0 aliphatic rings. The van der Waals surface area contributed by atoms with Crippen molar-refractivity contribution in [2.45, 2.75) is 26.4 Å². The van der Waals surface area contributed by atoms with Crippen LogP contribution in [0.25, 0.3) is 0 Å². The van der Waals surface area contributed by atoms with Crippen LogP contribution in [0.1, 0.15) is 20.8 Å². The molecule has 0 amide bonds. The second-order valence-electron chi connectivity index (χ2n) is 4.49. The summed E-state index contributed by atoms with van der Waals surface area (Å²) in [5, 5.41) is 14.0. The molecule has 1 aromatic carbocycles. The topological polar surface area (TPSA) is 32.3 Å². The van der Waals surface area contributed by atoms with Crippen molar-refractivity contribution in [1.82, 2.24) is 0 Å². The first-order valence-electron chi connectivity index (χ1n) is 5.24. The van der Waals surface area contributed by atoms with E-state index in [0.717, 1.165) is 10.2 Å².